The molecule has 0 spiro atoms. The maximum atomic E-state index is 6.53. The highest BCUT2D eigenvalue weighted by molar-refractivity contribution is 7.99. The van der Waals surface area contributed by atoms with Crippen LogP contribution in [0.25, 0.3) is 16.9 Å². The molecule has 0 aliphatic carbocycles. The van der Waals surface area contributed by atoms with Gasteiger partial charge in [0.15, 0.2) is 10.8 Å². The average Bonchev–Trinajstić information content (AvgIpc) is 3.45. The lowest BCUT2D eigenvalue weighted by atomic mass is 10.1. The van der Waals surface area contributed by atoms with Crippen molar-refractivity contribution in [2.75, 3.05) is 19.5 Å². The molecule has 0 bridgehead atoms. The topological polar surface area (TPSA) is 91.4 Å². The number of hydrogen-bond acceptors (Lipinski definition) is 8. The first-order valence-corrected chi connectivity index (χ1v) is 11.4. The van der Waals surface area contributed by atoms with E-state index in [4.69, 9.17) is 21.1 Å². The zero-order chi connectivity index (χ0) is 23.7. The Hall–Kier alpha value is -3.76. The number of imidazole rings is 1. The molecule has 3 heterocycles. The Morgan fingerprint density at radius 1 is 0.971 bits per heavy atom. The normalized spacial score (nSPS) is 11.1. The molecule has 0 amide bonds. The van der Waals surface area contributed by atoms with Gasteiger partial charge in [-0.2, -0.15) is 4.98 Å². The van der Waals surface area contributed by atoms with Crippen molar-refractivity contribution in [1.29, 1.82) is 0 Å². The predicted molar refractivity (Wildman–Crippen MR) is 131 cm³/mol. The van der Waals surface area contributed by atoms with Crippen LogP contribution in [0.1, 0.15) is 0 Å². The first kappa shape index (κ1) is 22.1. The number of hydrogen-bond donors (Lipinski definition) is 1. The molecule has 0 fully saturated rings. The van der Waals surface area contributed by atoms with Crippen LogP contribution < -0.4 is 14.8 Å². The summed E-state index contributed by atoms with van der Waals surface area (Å²) in [5.74, 6) is 1.74. The smallest absolute Gasteiger partial charge is 0.247 e. The summed E-state index contributed by atoms with van der Waals surface area (Å²) in [7, 11) is 5.16. The monoisotopic (exact) mass is 493 g/mol. The quantitative estimate of drug-likeness (QED) is 0.335. The van der Waals surface area contributed by atoms with Gasteiger partial charge in [0, 0.05) is 54.0 Å². The predicted octanol–water partition coefficient (Wildman–Crippen LogP) is 5.09. The number of fused-ring (bicyclic) bond motifs is 1. The fourth-order valence-corrected chi connectivity index (χ4v) is 4.46. The minimum absolute atomic E-state index is 0.421. The van der Waals surface area contributed by atoms with Crippen molar-refractivity contribution in [3.8, 4) is 22.8 Å². The van der Waals surface area contributed by atoms with Crippen LogP contribution in [-0.4, -0.2) is 43.4 Å². The first-order valence-electron chi connectivity index (χ1n) is 10.2. The number of methoxy groups -OCH3 is 2. The van der Waals surface area contributed by atoms with Crippen molar-refractivity contribution in [2.24, 2.45) is 7.05 Å². The molecule has 0 aliphatic heterocycles. The molecule has 0 saturated heterocycles. The molecular weight excluding hydrogens is 474 g/mol. The van der Waals surface area contributed by atoms with Crippen LogP contribution in [0.4, 0.5) is 11.6 Å². The zero-order valence-corrected chi connectivity index (χ0v) is 20.1. The van der Waals surface area contributed by atoms with Gasteiger partial charge < -0.3 is 19.4 Å². The standard InChI is InChI=1S/C23H20ClN7O2S/c1-30-8-6-26-23(30)34-19-5-4-15(12-18(19)24)27-22-28-21-20(25-7-9-31(21)29-22)14-10-16(32-2)13-17(11-14)33-3/h4-13H,1-3H3,(H,27,29). The molecule has 172 valence electrons. The lowest BCUT2D eigenvalue weighted by molar-refractivity contribution is 0.394. The summed E-state index contributed by atoms with van der Waals surface area (Å²) in [6.45, 7) is 0. The molecule has 3 aromatic heterocycles. The van der Waals surface area contributed by atoms with Gasteiger partial charge in [-0.05, 0) is 30.3 Å². The third kappa shape index (κ3) is 4.37. The Morgan fingerprint density at radius 3 is 2.41 bits per heavy atom. The number of rotatable bonds is 7. The number of benzene rings is 2. The van der Waals surface area contributed by atoms with Gasteiger partial charge in [-0.15, -0.1) is 5.10 Å². The second kappa shape index (κ2) is 9.24. The van der Waals surface area contributed by atoms with E-state index in [0.717, 1.165) is 21.3 Å². The molecule has 0 atom stereocenters. The van der Waals surface area contributed by atoms with E-state index >= 15 is 0 Å². The third-order valence-corrected chi connectivity index (χ3v) is 6.62. The number of nitrogens with zero attached hydrogens (tertiary/aromatic N) is 6. The Bertz CT molecular complexity index is 1460. The maximum absolute atomic E-state index is 6.53. The molecule has 2 aromatic carbocycles. The van der Waals surface area contributed by atoms with E-state index in [2.05, 4.69) is 25.4 Å². The lowest BCUT2D eigenvalue weighted by Crippen LogP contribution is -1.95. The van der Waals surface area contributed by atoms with Crippen LogP contribution in [-0.2, 0) is 7.05 Å². The van der Waals surface area contributed by atoms with Gasteiger partial charge in [-0.3, -0.25) is 4.98 Å². The molecule has 0 aliphatic rings. The third-order valence-electron chi connectivity index (χ3n) is 5.05. The van der Waals surface area contributed by atoms with E-state index in [1.807, 2.05) is 48.1 Å². The molecule has 1 N–H and O–H groups in total. The van der Waals surface area contributed by atoms with Gasteiger partial charge in [0.1, 0.15) is 17.2 Å². The Labute approximate surface area is 204 Å². The van der Waals surface area contributed by atoms with Gasteiger partial charge in [0.25, 0.3) is 0 Å². The van der Waals surface area contributed by atoms with Crippen LogP contribution in [0.3, 0.4) is 0 Å². The van der Waals surface area contributed by atoms with Crippen LogP contribution >= 0.6 is 23.4 Å². The summed E-state index contributed by atoms with van der Waals surface area (Å²) in [6, 6.07) is 11.3. The van der Waals surface area contributed by atoms with Crippen molar-refractivity contribution >= 4 is 40.6 Å². The van der Waals surface area contributed by atoms with Crippen LogP contribution in [0.5, 0.6) is 11.5 Å². The minimum atomic E-state index is 0.421. The average molecular weight is 494 g/mol. The van der Waals surface area contributed by atoms with Crippen molar-refractivity contribution in [3.05, 3.63) is 66.2 Å². The number of ether oxygens (including phenoxy) is 2. The van der Waals surface area contributed by atoms with E-state index in [9.17, 15) is 0 Å². The molecule has 9 nitrogen and oxygen atoms in total. The zero-order valence-electron chi connectivity index (χ0n) is 18.6. The second-order valence-corrected chi connectivity index (χ2v) is 8.69. The maximum Gasteiger partial charge on any atom is 0.247 e. The fraction of sp³-hybridized carbons (Fsp3) is 0.130. The molecule has 0 saturated carbocycles. The van der Waals surface area contributed by atoms with Crippen LogP contribution in [0.15, 0.2) is 71.2 Å². The van der Waals surface area contributed by atoms with E-state index < -0.39 is 0 Å². The minimum Gasteiger partial charge on any atom is -0.497 e. The fourth-order valence-electron chi connectivity index (χ4n) is 3.36. The highest BCUT2D eigenvalue weighted by Crippen LogP contribution is 2.35. The Kier molecular flexibility index (Phi) is 5.99. The van der Waals surface area contributed by atoms with Gasteiger partial charge >= 0.3 is 0 Å². The first-order chi connectivity index (χ1) is 16.5. The number of aryl methyl sites for hydroxylation is 1. The summed E-state index contributed by atoms with van der Waals surface area (Å²) >= 11 is 8.03. The Morgan fingerprint density at radius 2 is 1.74 bits per heavy atom. The van der Waals surface area contributed by atoms with E-state index in [1.165, 1.54) is 11.8 Å². The summed E-state index contributed by atoms with van der Waals surface area (Å²) in [5, 5.41) is 9.22. The largest absolute Gasteiger partial charge is 0.497 e. The van der Waals surface area contributed by atoms with Crippen LogP contribution in [0, 0.1) is 0 Å². The summed E-state index contributed by atoms with van der Waals surface area (Å²) in [4.78, 5) is 14.4. The second-order valence-electron chi connectivity index (χ2n) is 7.27. The Balaban J connectivity index is 1.44. The van der Waals surface area contributed by atoms with Crippen LogP contribution in [0.2, 0.25) is 5.02 Å². The van der Waals surface area contributed by atoms with Gasteiger partial charge in [0.2, 0.25) is 5.95 Å². The van der Waals surface area contributed by atoms with Crippen molar-refractivity contribution in [3.63, 3.8) is 0 Å². The highest BCUT2D eigenvalue weighted by Gasteiger charge is 2.14. The number of nitrogens with one attached hydrogen (secondary N) is 1. The molecule has 0 unspecified atom stereocenters. The van der Waals surface area contributed by atoms with E-state index in [-0.39, 0.29) is 0 Å². The highest BCUT2D eigenvalue weighted by atomic mass is 35.5. The van der Waals surface area contributed by atoms with Gasteiger partial charge in [0.05, 0.1) is 19.2 Å². The van der Waals surface area contributed by atoms with Gasteiger partial charge in [-0.1, -0.05) is 23.4 Å². The van der Waals surface area contributed by atoms with Crippen molar-refractivity contribution in [1.82, 2.24) is 29.1 Å². The SMILES string of the molecule is COc1cc(OC)cc(-c2nccn3nc(Nc4ccc(Sc5nccn5C)c(Cl)c4)nc23)c1. The molecular formula is C23H20ClN7O2S. The molecule has 5 rings (SSSR count). The van der Waals surface area contributed by atoms with Crippen molar-refractivity contribution in [2.45, 2.75) is 10.1 Å². The molecule has 5 aromatic rings. The number of halogens is 1. The van der Waals surface area contributed by atoms with E-state index in [0.29, 0.717) is 33.8 Å². The summed E-state index contributed by atoms with van der Waals surface area (Å²) in [5.41, 5.74) is 2.82. The number of aromatic nitrogens is 6. The molecule has 0 radical (unpaired) electrons. The van der Waals surface area contributed by atoms with E-state index in [1.54, 1.807) is 43.4 Å². The molecule has 11 heteroatoms. The number of anilines is 2. The summed E-state index contributed by atoms with van der Waals surface area (Å²) < 4.78 is 14.4. The van der Waals surface area contributed by atoms with Gasteiger partial charge in [-0.25, -0.2) is 9.50 Å². The lowest BCUT2D eigenvalue weighted by Gasteiger charge is -2.08. The summed E-state index contributed by atoms with van der Waals surface area (Å²) in [6.07, 6.45) is 7.07. The molecule has 34 heavy (non-hydrogen) atoms. The van der Waals surface area contributed by atoms with Crippen molar-refractivity contribution < 1.29 is 9.47 Å².